The summed E-state index contributed by atoms with van der Waals surface area (Å²) in [7, 11) is 1.91. The van der Waals surface area contributed by atoms with Gasteiger partial charge in [0.15, 0.2) is 0 Å². The number of hydrogen-bond donors (Lipinski definition) is 0. The highest BCUT2D eigenvalue weighted by Gasteiger charge is 2.05. The van der Waals surface area contributed by atoms with E-state index in [-0.39, 0.29) is 0 Å². The molecule has 2 aromatic rings. The second-order valence-electron chi connectivity index (χ2n) is 2.93. The van der Waals surface area contributed by atoms with Gasteiger partial charge >= 0.3 is 0 Å². The predicted octanol–water partition coefficient (Wildman–Crippen LogP) is 2.70. The maximum Gasteiger partial charge on any atom is 0.101 e. The van der Waals surface area contributed by atoms with Gasteiger partial charge in [-0.3, -0.25) is 0 Å². The fourth-order valence-electron chi connectivity index (χ4n) is 1.49. The lowest BCUT2D eigenvalue weighted by atomic mass is 10.1. The van der Waals surface area contributed by atoms with Gasteiger partial charge in [0.2, 0.25) is 0 Å². The summed E-state index contributed by atoms with van der Waals surface area (Å²) < 4.78 is 1.92. The summed E-state index contributed by atoms with van der Waals surface area (Å²) in [4.78, 5) is 0. The first-order chi connectivity index (χ1) is 6.22. The van der Waals surface area contributed by atoms with Crippen molar-refractivity contribution in [3.63, 3.8) is 0 Å². The number of rotatable bonds is 0. The molecule has 0 bridgehead atoms. The van der Waals surface area contributed by atoms with Crippen LogP contribution in [0, 0.1) is 11.3 Å². The lowest BCUT2D eigenvalue weighted by Gasteiger charge is -1.99. The van der Waals surface area contributed by atoms with Crippen molar-refractivity contribution in [2.24, 2.45) is 7.05 Å². The molecule has 2 rings (SSSR count). The fourth-order valence-corrected chi connectivity index (χ4v) is 1.72. The van der Waals surface area contributed by atoms with Gasteiger partial charge in [-0.25, -0.2) is 0 Å². The molecule has 0 atom stereocenters. The standard InChI is InChI=1S/C10H7ClN2/c1-13-3-2-7-4-9(11)5-8(6-12)10(7)13/h2-5H,1H3. The Hall–Kier alpha value is -1.46. The fraction of sp³-hybridized carbons (Fsp3) is 0.100. The summed E-state index contributed by atoms with van der Waals surface area (Å²) in [5.74, 6) is 0. The second-order valence-corrected chi connectivity index (χ2v) is 3.37. The number of nitrogens with zero attached hydrogens (tertiary/aromatic N) is 2. The van der Waals surface area contributed by atoms with E-state index in [1.165, 1.54) is 0 Å². The zero-order valence-electron chi connectivity index (χ0n) is 7.08. The largest absolute Gasteiger partial charge is 0.349 e. The Morgan fingerprint density at radius 3 is 2.92 bits per heavy atom. The average Bonchev–Trinajstić information content (AvgIpc) is 2.46. The van der Waals surface area contributed by atoms with Crippen LogP contribution in [0.15, 0.2) is 24.4 Å². The van der Waals surface area contributed by atoms with Gasteiger partial charge in [-0.2, -0.15) is 5.26 Å². The van der Waals surface area contributed by atoms with Crippen LogP contribution >= 0.6 is 11.6 Å². The molecule has 1 aromatic heterocycles. The zero-order chi connectivity index (χ0) is 9.42. The molecule has 0 amide bonds. The highest BCUT2D eigenvalue weighted by atomic mass is 35.5. The number of benzene rings is 1. The molecule has 0 unspecified atom stereocenters. The Bertz CT molecular complexity index is 505. The minimum atomic E-state index is 0.607. The first-order valence-electron chi connectivity index (χ1n) is 3.87. The Morgan fingerprint density at radius 1 is 1.46 bits per heavy atom. The van der Waals surface area contributed by atoms with Crippen molar-refractivity contribution in [3.05, 3.63) is 35.0 Å². The number of fused-ring (bicyclic) bond motifs is 1. The van der Waals surface area contributed by atoms with Crippen LogP contribution in [0.5, 0.6) is 0 Å². The van der Waals surface area contributed by atoms with Crippen molar-refractivity contribution < 1.29 is 0 Å². The van der Waals surface area contributed by atoms with E-state index in [1.54, 1.807) is 6.07 Å². The molecule has 0 saturated heterocycles. The summed E-state index contributed by atoms with van der Waals surface area (Å²) >= 11 is 5.85. The van der Waals surface area contributed by atoms with Crippen LogP contribution in [0.3, 0.4) is 0 Å². The number of nitriles is 1. The third-order valence-electron chi connectivity index (χ3n) is 2.06. The first kappa shape index (κ1) is 8.15. The Kier molecular flexibility index (Phi) is 1.75. The third-order valence-corrected chi connectivity index (χ3v) is 2.27. The van der Waals surface area contributed by atoms with Gasteiger partial charge < -0.3 is 4.57 Å². The van der Waals surface area contributed by atoms with Gasteiger partial charge in [0, 0.05) is 23.7 Å². The Balaban J connectivity index is 2.95. The summed E-state index contributed by atoms with van der Waals surface area (Å²) in [6, 6.07) is 7.62. The van der Waals surface area contributed by atoms with E-state index in [0.717, 1.165) is 10.9 Å². The predicted molar refractivity (Wildman–Crippen MR) is 52.6 cm³/mol. The molecule has 1 heterocycles. The topological polar surface area (TPSA) is 28.7 Å². The molecule has 0 saturated carbocycles. The van der Waals surface area contributed by atoms with Crippen LogP contribution in [-0.4, -0.2) is 4.57 Å². The monoisotopic (exact) mass is 190 g/mol. The molecule has 13 heavy (non-hydrogen) atoms. The van der Waals surface area contributed by atoms with Gasteiger partial charge in [0.05, 0.1) is 11.1 Å². The molecule has 0 N–H and O–H groups in total. The van der Waals surface area contributed by atoms with Gasteiger partial charge in [0.1, 0.15) is 6.07 Å². The summed E-state index contributed by atoms with van der Waals surface area (Å²) in [5.41, 5.74) is 1.56. The Labute approximate surface area is 81.0 Å². The number of aryl methyl sites for hydroxylation is 1. The normalized spacial score (nSPS) is 10.2. The van der Waals surface area contributed by atoms with Crippen molar-refractivity contribution in [3.8, 4) is 6.07 Å². The molecule has 3 heteroatoms. The molecule has 0 fully saturated rings. The first-order valence-corrected chi connectivity index (χ1v) is 4.25. The van der Waals surface area contributed by atoms with Crippen molar-refractivity contribution in [1.29, 1.82) is 5.26 Å². The Morgan fingerprint density at radius 2 is 2.23 bits per heavy atom. The molecule has 0 spiro atoms. The second kappa shape index (κ2) is 2.79. The minimum Gasteiger partial charge on any atom is -0.349 e. The van der Waals surface area contributed by atoms with Gasteiger partial charge in [0.25, 0.3) is 0 Å². The van der Waals surface area contributed by atoms with Crippen LogP contribution in [0.2, 0.25) is 5.02 Å². The number of hydrogen-bond acceptors (Lipinski definition) is 1. The SMILES string of the molecule is Cn1ccc2cc(Cl)cc(C#N)c21. The molecule has 0 aliphatic heterocycles. The number of aromatic nitrogens is 1. The molecule has 64 valence electrons. The smallest absolute Gasteiger partial charge is 0.101 e. The molecule has 0 radical (unpaired) electrons. The lowest BCUT2D eigenvalue weighted by Crippen LogP contribution is -1.87. The van der Waals surface area contributed by atoms with Crippen molar-refractivity contribution >= 4 is 22.5 Å². The van der Waals surface area contributed by atoms with E-state index < -0.39 is 0 Å². The van der Waals surface area contributed by atoms with E-state index in [4.69, 9.17) is 16.9 Å². The highest BCUT2D eigenvalue weighted by molar-refractivity contribution is 6.31. The summed E-state index contributed by atoms with van der Waals surface area (Å²) in [6.07, 6.45) is 1.92. The average molecular weight is 191 g/mol. The van der Waals surface area contributed by atoms with Crippen molar-refractivity contribution in [2.75, 3.05) is 0 Å². The van der Waals surface area contributed by atoms with Gasteiger partial charge in [-0.05, 0) is 18.2 Å². The maximum absolute atomic E-state index is 8.88. The van der Waals surface area contributed by atoms with Crippen LogP contribution in [0.25, 0.3) is 10.9 Å². The van der Waals surface area contributed by atoms with Crippen LogP contribution in [-0.2, 0) is 7.05 Å². The van der Waals surface area contributed by atoms with E-state index in [9.17, 15) is 0 Å². The van der Waals surface area contributed by atoms with E-state index in [2.05, 4.69) is 6.07 Å². The molecule has 2 nitrogen and oxygen atoms in total. The van der Waals surface area contributed by atoms with Crippen molar-refractivity contribution in [2.45, 2.75) is 0 Å². The van der Waals surface area contributed by atoms with Crippen LogP contribution in [0.1, 0.15) is 5.56 Å². The van der Waals surface area contributed by atoms with Gasteiger partial charge in [-0.1, -0.05) is 11.6 Å². The zero-order valence-corrected chi connectivity index (χ0v) is 7.84. The van der Waals surface area contributed by atoms with Crippen LogP contribution in [0.4, 0.5) is 0 Å². The third kappa shape index (κ3) is 1.18. The van der Waals surface area contributed by atoms with Crippen molar-refractivity contribution in [1.82, 2.24) is 4.57 Å². The van der Waals surface area contributed by atoms with Gasteiger partial charge in [-0.15, -0.1) is 0 Å². The summed E-state index contributed by atoms with van der Waals surface area (Å²) in [5, 5.41) is 10.5. The van der Waals surface area contributed by atoms with E-state index in [0.29, 0.717) is 10.6 Å². The molecular weight excluding hydrogens is 184 g/mol. The van der Waals surface area contributed by atoms with Crippen LogP contribution < -0.4 is 0 Å². The summed E-state index contributed by atoms with van der Waals surface area (Å²) in [6.45, 7) is 0. The molecule has 0 aliphatic carbocycles. The molecular formula is C10H7ClN2. The lowest BCUT2D eigenvalue weighted by molar-refractivity contribution is 0.967. The highest BCUT2D eigenvalue weighted by Crippen LogP contribution is 2.23. The van der Waals surface area contributed by atoms with E-state index >= 15 is 0 Å². The maximum atomic E-state index is 8.88. The molecule has 0 aliphatic rings. The quantitative estimate of drug-likeness (QED) is 0.628. The molecule has 1 aromatic carbocycles. The van der Waals surface area contributed by atoms with E-state index in [1.807, 2.05) is 29.9 Å². The number of halogens is 1. The minimum absolute atomic E-state index is 0.607.